The zero-order valence-corrected chi connectivity index (χ0v) is 16.0. The Hall–Kier alpha value is -2.80. The maximum absolute atomic E-state index is 12.1. The summed E-state index contributed by atoms with van der Waals surface area (Å²) in [6.45, 7) is 4.01. The van der Waals surface area contributed by atoms with E-state index in [-0.39, 0.29) is 5.91 Å². The quantitative estimate of drug-likeness (QED) is 0.602. The van der Waals surface area contributed by atoms with Gasteiger partial charge in [-0.25, -0.2) is 0 Å². The molecule has 0 fully saturated rings. The first-order chi connectivity index (χ1) is 12.5. The van der Waals surface area contributed by atoms with Gasteiger partial charge in [-0.3, -0.25) is 20.4 Å². The number of carbonyl (C=O) groups excluding carboxylic acids is 2. The molecule has 0 radical (unpaired) electrons. The lowest BCUT2D eigenvalue weighted by Gasteiger charge is -2.09. The van der Waals surface area contributed by atoms with E-state index in [9.17, 15) is 9.59 Å². The van der Waals surface area contributed by atoms with Gasteiger partial charge in [-0.1, -0.05) is 19.1 Å². The van der Waals surface area contributed by atoms with Gasteiger partial charge in [0.2, 0.25) is 0 Å². The van der Waals surface area contributed by atoms with Crippen LogP contribution in [0.1, 0.15) is 32.6 Å². The topological polar surface area (TPSA) is 76.7 Å². The Kier molecular flexibility index (Phi) is 6.80. The lowest BCUT2D eigenvalue weighted by atomic mass is 10.1. The molecule has 2 rings (SSSR count). The minimum atomic E-state index is -0.452. The summed E-state index contributed by atoms with van der Waals surface area (Å²) in [5.41, 5.74) is 6.56. The average Bonchev–Trinajstić information content (AvgIpc) is 3.04. The normalized spacial score (nSPS) is 10.6. The molecule has 0 atom stereocenters. The van der Waals surface area contributed by atoms with Crippen LogP contribution in [0.4, 0.5) is 0 Å². The first-order valence-electron chi connectivity index (χ1n) is 8.08. The third-order valence-corrected chi connectivity index (χ3v) is 5.09. The molecule has 0 aliphatic rings. The molecule has 1 aromatic heterocycles. The number of benzene rings is 1. The second kappa shape index (κ2) is 9.05. The molecule has 0 saturated heterocycles. The summed E-state index contributed by atoms with van der Waals surface area (Å²) < 4.78 is 10.5. The molecule has 2 N–H and O–H groups in total. The molecule has 0 spiro atoms. The highest BCUT2D eigenvalue weighted by Crippen LogP contribution is 2.31. The van der Waals surface area contributed by atoms with Crippen molar-refractivity contribution < 1.29 is 19.1 Å². The maximum atomic E-state index is 12.1. The number of carbonyl (C=O) groups is 2. The molecule has 7 heteroatoms. The third kappa shape index (κ3) is 4.64. The van der Waals surface area contributed by atoms with Crippen molar-refractivity contribution in [3.63, 3.8) is 0 Å². The monoisotopic (exact) mass is 374 g/mol. The van der Waals surface area contributed by atoms with Crippen LogP contribution in [0.3, 0.4) is 0 Å². The van der Waals surface area contributed by atoms with Crippen LogP contribution in [0.25, 0.3) is 6.08 Å². The average molecular weight is 374 g/mol. The summed E-state index contributed by atoms with van der Waals surface area (Å²) in [5, 5.41) is 0. The number of rotatable bonds is 6. The summed E-state index contributed by atoms with van der Waals surface area (Å²) in [6.07, 6.45) is 3.78. The Morgan fingerprint density at radius 3 is 2.58 bits per heavy atom. The fraction of sp³-hybridized carbons (Fsp3) is 0.263. The molecule has 1 aromatic carbocycles. The number of hydrazine groups is 1. The van der Waals surface area contributed by atoms with Crippen molar-refractivity contribution in [3.8, 4) is 11.5 Å². The molecule has 26 heavy (non-hydrogen) atoms. The largest absolute Gasteiger partial charge is 0.493 e. The fourth-order valence-electron chi connectivity index (χ4n) is 2.41. The number of methoxy groups -OCH3 is 2. The molecule has 2 aromatic rings. The highest BCUT2D eigenvalue weighted by molar-refractivity contribution is 7.14. The van der Waals surface area contributed by atoms with Crippen molar-refractivity contribution in [2.24, 2.45) is 0 Å². The Labute approximate surface area is 156 Å². The molecular formula is C19H22N2O4S. The zero-order chi connectivity index (χ0) is 19.1. The predicted octanol–water partition coefficient (Wildman–Crippen LogP) is 3.11. The lowest BCUT2D eigenvalue weighted by Crippen LogP contribution is -2.40. The summed E-state index contributed by atoms with van der Waals surface area (Å²) in [7, 11) is 3.08. The molecule has 0 saturated carbocycles. The van der Waals surface area contributed by atoms with Crippen molar-refractivity contribution in [2.45, 2.75) is 20.3 Å². The fourth-order valence-corrected chi connectivity index (χ4v) is 3.42. The van der Waals surface area contributed by atoms with Crippen LogP contribution in [-0.4, -0.2) is 26.0 Å². The van der Waals surface area contributed by atoms with E-state index in [1.807, 2.05) is 19.9 Å². The van der Waals surface area contributed by atoms with E-state index >= 15 is 0 Å². The van der Waals surface area contributed by atoms with Crippen LogP contribution in [0.5, 0.6) is 11.5 Å². The van der Waals surface area contributed by atoms with E-state index in [4.69, 9.17) is 9.47 Å². The highest BCUT2D eigenvalue weighted by Gasteiger charge is 2.12. The van der Waals surface area contributed by atoms with E-state index in [0.717, 1.165) is 16.9 Å². The van der Waals surface area contributed by atoms with Crippen LogP contribution in [0.2, 0.25) is 0 Å². The van der Waals surface area contributed by atoms with Crippen LogP contribution < -0.4 is 20.3 Å². The number of para-hydroxylation sites is 1. The van der Waals surface area contributed by atoms with Crippen molar-refractivity contribution in [2.75, 3.05) is 14.2 Å². The number of amides is 2. The Bertz CT molecular complexity index is 827. The maximum Gasteiger partial charge on any atom is 0.279 e. The number of aryl methyl sites for hydroxylation is 2. The Morgan fingerprint density at radius 1 is 1.19 bits per heavy atom. The number of hydrogen-bond acceptors (Lipinski definition) is 5. The van der Waals surface area contributed by atoms with Crippen molar-refractivity contribution >= 4 is 29.2 Å². The van der Waals surface area contributed by atoms with Crippen LogP contribution in [0.15, 0.2) is 30.3 Å². The Balaban J connectivity index is 1.98. The van der Waals surface area contributed by atoms with E-state index in [0.29, 0.717) is 21.9 Å². The van der Waals surface area contributed by atoms with E-state index in [2.05, 4.69) is 10.9 Å². The van der Waals surface area contributed by atoms with Gasteiger partial charge in [0.1, 0.15) is 0 Å². The number of thiophene rings is 1. The molecule has 1 heterocycles. The summed E-state index contributed by atoms with van der Waals surface area (Å²) in [5.74, 6) is 0.318. The molecule has 2 amide bonds. The van der Waals surface area contributed by atoms with Gasteiger partial charge in [-0.05, 0) is 37.1 Å². The van der Waals surface area contributed by atoms with Crippen LogP contribution in [-0.2, 0) is 11.2 Å². The summed E-state index contributed by atoms with van der Waals surface area (Å²) in [4.78, 5) is 25.8. The first kappa shape index (κ1) is 19.5. The Morgan fingerprint density at radius 2 is 1.96 bits per heavy atom. The first-order valence-corrected chi connectivity index (χ1v) is 8.90. The minimum absolute atomic E-state index is 0.335. The lowest BCUT2D eigenvalue weighted by molar-refractivity contribution is -0.117. The van der Waals surface area contributed by atoms with Crippen LogP contribution in [0, 0.1) is 6.92 Å². The predicted molar refractivity (Wildman–Crippen MR) is 103 cm³/mol. The van der Waals surface area contributed by atoms with Crippen molar-refractivity contribution in [3.05, 3.63) is 51.2 Å². The SMILES string of the molecule is CCc1sc(C(=O)NNC(=O)/C=C/c2cccc(OC)c2OC)cc1C. The molecule has 0 aliphatic heterocycles. The van der Waals surface area contributed by atoms with E-state index in [1.54, 1.807) is 31.4 Å². The van der Waals surface area contributed by atoms with E-state index in [1.165, 1.54) is 24.5 Å². The molecule has 138 valence electrons. The van der Waals surface area contributed by atoms with Crippen molar-refractivity contribution in [1.29, 1.82) is 0 Å². The molecular weight excluding hydrogens is 352 g/mol. The third-order valence-electron chi connectivity index (χ3n) is 3.71. The summed E-state index contributed by atoms with van der Waals surface area (Å²) >= 11 is 1.43. The second-order valence-corrected chi connectivity index (χ2v) is 6.57. The second-order valence-electron chi connectivity index (χ2n) is 5.43. The minimum Gasteiger partial charge on any atom is -0.493 e. The number of ether oxygens (including phenoxy) is 2. The smallest absolute Gasteiger partial charge is 0.279 e. The van der Waals surface area contributed by atoms with Gasteiger partial charge in [-0.2, -0.15) is 0 Å². The van der Waals surface area contributed by atoms with Gasteiger partial charge in [-0.15, -0.1) is 11.3 Å². The molecule has 6 nitrogen and oxygen atoms in total. The zero-order valence-electron chi connectivity index (χ0n) is 15.2. The van der Waals surface area contributed by atoms with Crippen molar-refractivity contribution in [1.82, 2.24) is 10.9 Å². The van der Waals surface area contributed by atoms with Gasteiger partial charge in [0.15, 0.2) is 11.5 Å². The van der Waals surface area contributed by atoms with Crippen LogP contribution >= 0.6 is 11.3 Å². The molecule has 0 unspecified atom stereocenters. The number of nitrogens with one attached hydrogen (secondary N) is 2. The number of hydrogen-bond donors (Lipinski definition) is 2. The summed E-state index contributed by atoms with van der Waals surface area (Å²) in [6, 6.07) is 7.18. The molecule has 0 aliphatic carbocycles. The van der Waals surface area contributed by atoms with Gasteiger partial charge in [0.25, 0.3) is 11.8 Å². The van der Waals surface area contributed by atoms with Gasteiger partial charge < -0.3 is 9.47 Å². The van der Waals surface area contributed by atoms with Gasteiger partial charge in [0, 0.05) is 16.5 Å². The highest BCUT2D eigenvalue weighted by atomic mass is 32.1. The van der Waals surface area contributed by atoms with Gasteiger partial charge in [0.05, 0.1) is 19.1 Å². The van der Waals surface area contributed by atoms with Gasteiger partial charge >= 0.3 is 0 Å². The molecule has 0 bridgehead atoms. The standard InChI is InChI=1S/C19H22N2O4S/c1-5-15-12(2)11-16(26-15)19(23)21-20-17(22)10-9-13-7-6-8-14(24-3)18(13)25-4/h6-11H,5H2,1-4H3,(H,20,22)(H,21,23)/b10-9+. The van der Waals surface area contributed by atoms with E-state index < -0.39 is 5.91 Å².